The largest absolute Gasteiger partial charge is 0.462 e. The Morgan fingerprint density at radius 1 is 1.26 bits per heavy atom. The van der Waals surface area contributed by atoms with Crippen molar-refractivity contribution in [3.63, 3.8) is 0 Å². The number of hydrogen-bond donors (Lipinski definition) is 1. The lowest BCUT2D eigenvalue weighted by atomic mass is 10.2. The molecule has 1 N–H and O–H groups in total. The van der Waals surface area contributed by atoms with Crippen molar-refractivity contribution >= 4 is 17.6 Å². The number of amides is 1. The molecule has 0 atom stereocenters. The van der Waals surface area contributed by atoms with E-state index < -0.39 is 5.97 Å². The van der Waals surface area contributed by atoms with Gasteiger partial charge >= 0.3 is 5.97 Å². The summed E-state index contributed by atoms with van der Waals surface area (Å²) < 4.78 is 10.1. The Kier molecular flexibility index (Phi) is 6.02. The Bertz CT molecular complexity index is 443. The molecule has 0 radical (unpaired) electrons. The SMILES string of the molecule is CCOC(=O)c1ccccc1NC(=O)COC(C)C. The lowest BCUT2D eigenvalue weighted by Crippen LogP contribution is -2.22. The van der Waals surface area contributed by atoms with Gasteiger partial charge in [0.05, 0.1) is 24.0 Å². The van der Waals surface area contributed by atoms with E-state index in [1.165, 1.54) is 0 Å². The highest BCUT2D eigenvalue weighted by Crippen LogP contribution is 2.16. The molecule has 104 valence electrons. The van der Waals surface area contributed by atoms with E-state index in [9.17, 15) is 9.59 Å². The van der Waals surface area contributed by atoms with Crippen molar-refractivity contribution in [3.8, 4) is 0 Å². The zero-order valence-electron chi connectivity index (χ0n) is 11.4. The second-order valence-electron chi connectivity index (χ2n) is 4.17. The van der Waals surface area contributed by atoms with E-state index >= 15 is 0 Å². The zero-order chi connectivity index (χ0) is 14.3. The fourth-order valence-electron chi connectivity index (χ4n) is 1.41. The number of nitrogens with one attached hydrogen (secondary N) is 1. The number of esters is 1. The maximum Gasteiger partial charge on any atom is 0.340 e. The van der Waals surface area contributed by atoms with Gasteiger partial charge in [-0.2, -0.15) is 0 Å². The first kappa shape index (κ1) is 15.2. The molecule has 1 aromatic carbocycles. The monoisotopic (exact) mass is 265 g/mol. The first-order chi connectivity index (χ1) is 9.04. The number of para-hydroxylation sites is 1. The number of hydrogen-bond acceptors (Lipinski definition) is 4. The summed E-state index contributed by atoms with van der Waals surface area (Å²) in [6.45, 7) is 5.67. The second kappa shape index (κ2) is 7.53. The number of rotatable bonds is 6. The molecule has 1 rings (SSSR count). The third kappa shape index (κ3) is 5.09. The van der Waals surface area contributed by atoms with Crippen LogP contribution in [-0.4, -0.2) is 31.2 Å². The average Bonchev–Trinajstić information content (AvgIpc) is 2.37. The molecule has 1 amide bonds. The van der Waals surface area contributed by atoms with Crippen molar-refractivity contribution in [2.45, 2.75) is 26.9 Å². The molecule has 0 aromatic heterocycles. The minimum Gasteiger partial charge on any atom is -0.462 e. The number of carbonyl (C=O) groups excluding carboxylic acids is 2. The van der Waals surface area contributed by atoms with Crippen molar-refractivity contribution < 1.29 is 19.1 Å². The Morgan fingerprint density at radius 2 is 1.95 bits per heavy atom. The smallest absolute Gasteiger partial charge is 0.340 e. The highest BCUT2D eigenvalue weighted by molar-refractivity contribution is 6.01. The van der Waals surface area contributed by atoms with Crippen molar-refractivity contribution in [2.24, 2.45) is 0 Å². The van der Waals surface area contributed by atoms with E-state index in [4.69, 9.17) is 9.47 Å². The third-order valence-electron chi connectivity index (χ3n) is 2.24. The molecule has 0 fully saturated rings. The molecule has 0 bridgehead atoms. The van der Waals surface area contributed by atoms with Gasteiger partial charge in [-0.05, 0) is 32.9 Å². The van der Waals surface area contributed by atoms with Gasteiger partial charge in [0, 0.05) is 0 Å². The van der Waals surface area contributed by atoms with Crippen LogP contribution >= 0.6 is 0 Å². The quantitative estimate of drug-likeness (QED) is 0.801. The summed E-state index contributed by atoms with van der Waals surface area (Å²) in [5.41, 5.74) is 0.764. The molecular formula is C14H19NO4. The zero-order valence-corrected chi connectivity index (χ0v) is 11.4. The maximum atomic E-state index is 11.7. The van der Waals surface area contributed by atoms with E-state index in [1.807, 2.05) is 13.8 Å². The van der Waals surface area contributed by atoms with Gasteiger partial charge in [0.15, 0.2) is 0 Å². The molecule has 0 aliphatic rings. The summed E-state index contributed by atoms with van der Waals surface area (Å²) in [4.78, 5) is 23.4. The molecule has 0 aliphatic heterocycles. The van der Waals surface area contributed by atoms with Crippen LogP contribution in [0.4, 0.5) is 5.69 Å². The lowest BCUT2D eigenvalue weighted by molar-refractivity contribution is -0.121. The summed E-state index contributed by atoms with van der Waals surface area (Å²) >= 11 is 0. The van der Waals surface area contributed by atoms with Crippen molar-refractivity contribution in [1.82, 2.24) is 0 Å². The molecule has 0 saturated carbocycles. The Balaban J connectivity index is 2.72. The minimum atomic E-state index is -0.455. The fourth-order valence-corrected chi connectivity index (χ4v) is 1.41. The highest BCUT2D eigenvalue weighted by atomic mass is 16.5. The van der Waals surface area contributed by atoms with Crippen molar-refractivity contribution in [1.29, 1.82) is 0 Å². The molecule has 0 spiro atoms. The molecule has 19 heavy (non-hydrogen) atoms. The van der Waals surface area contributed by atoms with Gasteiger partial charge in [-0.25, -0.2) is 4.79 Å². The predicted molar refractivity (Wildman–Crippen MR) is 72.1 cm³/mol. The second-order valence-corrected chi connectivity index (χ2v) is 4.17. The lowest BCUT2D eigenvalue weighted by Gasteiger charge is -2.11. The van der Waals surface area contributed by atoms with E-state index in [0.717, 1.165) is 0 Å². The average molecular weight is 265 g/mol. The van der Waals surface area contributed by atoms with Crippen LogP contribution in [0.2, 0.25) is 0 Å². The molecule has 0 aliphatic carbocycles. The summed E-state index contributed by atoms with van der Waals surface area (Å²) in [6, 6.07) is 6.71. The molecule has 5 heteroatoms. The van der Waals surface area contributed by atoms with E-state index in [2.05, 4.69) is 5.32 Å². The van der Waals surface area contributed by atoms with E-state index in [1.54, 1.807) is 31.2 Å². The molecule has 0 heterocycles. The normalized spacial score (nSPS) is 10.3. The molecule has 1 aromatic rings. The number of anilines is 1. The van der Waals surface area contributed by atoms with Gasteiger partial charge < -0.3 is 14.8 Å². The molecular weight excluding hydrogens is 246 g/mol. The Labute approximate surface area is 112 Å². The minimum absolute atomic E-state index is 0.0222. The van der Waals surface area contributed by atoms with Crippen LogP contribution in [0.3, 0.4) is 0 Å². The van der Waals surface area contributed by atoms with Crippen LogP contribution in [0.15, 0.2) is 24.3 Å². The van der Waals surface area contributed by atoms with Gasteiger partial charge in [0.1, 0.15) is 6.61 Å². The maximum absolute atomic E-state index is 11.7. The Morgan fingerprint density at radius 3 is 2.58 bits per heavy atom. The Hall–Kier alpha value is -1.88. The van der Waals surface area contributed by atoms with Gasteiger partial charge in [0.2, 0.25) is 5.91 Å². The number of ether oxygens (including phenoxy) is 2. The standard InChI is InChI=1S/C14H19NO4/c1-4-18-14(17)11-7-5-6-8-12(11)15-13(16)9-19-10(2)3/h5-8,10H,4,9H2,1-3H3,(H,15,16). The summed E-state index contributed by atoms with van der Waals surface area (Å²) in [5.74, 6) is -0.756. The van der Waals surface area contributed by atoms with Crippen LogP contribution in [0, 0.1) is 0 Å². The van der Waals surface area contributed by atoms with Crippen LogP contribution in [0.25, 0.3) is 0 Å². The summed E-state index contributed by atoms with van der Waals surface area (Å²) in [5, 5.41) is 2.64. The first-order valence-electron chi connectivity index (χ1n) is 6.22. The predicted octanol–water partition coefficient (Wildman–Crippen LogP) is 2.23. The van der Waals surface area contributed by atoms with Crippen LogP contribution in [0.5, 0.6) is 0 Å². The fraction of sp³-hybridized carbons (Fsp3) is 0.429. The van der Waals surface area contributed by atoms with Gasteiger partial charge in [-0.15, -0.1) is 0 Å². The van der Waals surface area contributed by atoms with Crippen LogP contribution in [0.1, 0.15) is 31.1 Å². The molecule has 0 unspecified atom stereocenters. The van der Waals surface area contributed by atoms with Crippen LogP contribution in [-0.2, 0) is 14.3 Å². The van der Waals surface area contributed by atoms with Crippen molar-refractivity contribution in [3.05, 3.63) is 29.8 Å². The van der Waals surface area contributed by atoms with Crippen molar-refractivity contribution in [2.75, 3.05) is 18.5 Å². The van der Waals surface area contributed by atoms with E-state index in [-0.39, 0.29) is 25.2 Å². The molecule has 5 nitrogen and oxygen atoms in total. The topological polar surface area (TPSA) is 64.6 Å². The highest BCUT2D eigenvalue weighted by Gasteiger charge is 2.13. The van der Waals surface area contributed by atoms with Gasteiger partial charge in [0.25, 0.3) is 0 Å². The van der Waals surface area contributed by atoms with E-state index in [0.29, 0.717) is 11.3 Å². The van der Waals surface area contributed by atoms with Gasteiger partial charge in [-0.3, -0.25) is 4.79 Å². The molecule has 0 saturated heterocycles. The summed E-state index contributed by atoms with van der Waals surface area (Å²) in [6.07, 6.45) is -0.0222. The number of benzene rings is 1. The summed E-state index contributed by atoms with van der Waals surface area (Å²) in [7, 11) is 0. The third-order valence-corrected chi connectivity index (χ3v) is 2.24. The first-order valence-corrected chi connectivity index (χ1v) is 6.22. The van der Waals surface area contributed by atoms with Gasteiger partial charge in [-0.1, -0.05) is 12.1 Å². The van der Waals surface area contributed by atoms with Crippen LogP contribution < -0.4 is 5.32 Å². The number of carbonyl (C=O) groups is 2.